The number of amides is 1. The van der Waals surface area contributed by atoms with Crippen molar-refractivity contribution in [3.8, 4) is 0 Å². The Morgan fingerprint density at radius 3 is 2.07 bits per heavy atom. The first-order valence-electron chi connectivity index (χ1n) is 9.71. The predicted octanol–water partition coefficient (Wildman–Crippen LogP) is 4.22. The smallest absolute Gasteiger partial charge is 0.314 e. The highest BCUT2D eigenvalue weighted by molar-refractivity contribution is 5.85. The molecule has 1 unspecified atom stereocenters. The summed E-state index contributed by atoms with van der Waals surface area (Å²) in [4.78, 5) is 27.2. The van der Waals surface area contributed by atoms with Crippen LogP contribution in [0.3, 0.4) is 0 Å². The van der Waals surface area contributed by atoms with Crippen LogP contribution in [0.5, 0.6) is 0 Å². The molecule has 1 fully saturated rings. The summed E-state index contributed by atoms with van der Waals surface area (Å²) in [6, 6.07) is 19.3. The number of rotatable bonds is 6. The van der Waals surface area contributed by atoms with Crippen LogP contribution < -0.4 is 0 Å². The number of carbonyl (C=O) groups excluding carboxylic acids is 1. The number of carboxylic acids is 1. The molecule has 1 atom stereocenters. The molecule has 0 bridgehead atoms. The number of carboxylic acid groups (broad SMARTS) is 1. The molecule has 1 N–H and O–H groups in total. The SMILES string of the molecule is CCCC(C(=O)N1CCC(C(=O)O)(c2ccccc2)CC1)c1ccccc1. The average Bonchev–Trinajstić information content (AvgIpc) is 2.72. The Balaban J connectivity index is 1.77. The van der Waals surface area contributed by atoms with Gasteiger partial charge in [-0.2, -0.15) is 0 Å². The van der Waals surface area contributed by atoms with Gasteiger partial charge in [-0.3, -0.25) is 9.59 Å². The molecule has 4 heteroatoms. The summed E-state index contributed by atoms with van der Waals surface area (Å²) in [5.41, 5.74) is 0.977. The second-order valence-electron chi connectivity index (χ2n) is 7.33. The van der Waals surface area contributed by atoms with E-state index in [-0.39, 0.29) is 11.8 Å². The molecule has 142 valence electrons. The fraction of sp³-hybridized carbons (Fsp3) is 0.391. The van der Waals surface area contributed by atoms with Crippen molar-refractivity contribution in [2.75, 3.05) is 13.1 Å². The van der Waals surface area contributed by atoms with E-state index in [1.165, 1.54) is 0 Å². The summed E-state index contributed by atoms with van der Waals surface area (Å²) in [5, 5.41) is 9.94. The van der Waals surface area contributed by atoms with E-state index in [0.717, 1.165) is 24.0 Å². The van der Waals surface area contributed by atoms with Crippen LogP contribution in [0.1, 0.15) is 49.7 Å². The largest absolute Gasteiger partial charge is 0.481 e. The van der Waals surface area contributed by atoms with Crippen LogP contribution in [0.25, 0.3) is 0 Å². The van der Waals surface area contributed by atoms with Crippen molar-refractivity contribution in [2.24, 2.45) is 0 Å². The Labute approximate surface area is 160 Å². The Morgan fingerprint density at radius 2 is 1.56 bits per heavy atom. The van der Waals surface area contributed by atoms with Crippen molar-refractivity contribution in [3.05, 3.63) is 71.8 Å². The Bertz CT molecular complexity index is 765. The Hall–Kier alpha value is -2.62. The van der Waals surface area contributed by atoms with Gasteiger partial charge in [-0.25, -0.2) is 0 Å². The maximum absolute atomic E-state index is 13.2. The summed E-state index contributed by atoms with van der Waals surface area (Å²) < 4.78 is 0. The van der Waals surface area contributed by atoms with Gasteiger partial charge in [0.05, 0.1) is 11.3 Å². The number of nitrogens with zero attached hydrogens (tertiary/aromatic N) is 1. The van der Waals surface area contributed by atoms with E-state index in [9.17, 15) is 14.7 Å². The number of aliphatic carboxylic acids is 1. The Morgan fingerprint density at radius 1 is 1.00 bits per heavy atom. The van der Waals surface area contributed by atoms with Crippen molar-refractivity contribution < 1.29 is 14.7 Å². The van der Waals surface area contributed by atoms with E-state index < -0.39 is 11.4 Å². The van der Waals surface area contributed by atoms with Gasteiger partial charge in [0.15, 0.2) is 0 Å². The molecule has 2 aromatic rings. The third kappa shape index (κ3) is 3.90. The Kier molecular flexibility index (Phi) is 5.94. The highest BCUT2D eigenvalue weighted by Crippen LogP contribution is 2.37. The van der Waals surface area contributed by atoms with E-state index in [1.54, 1.807) is 0 Å². The van der Waals surface area contributed by atoms with Gasteiger partial charge in [-0.1, -0.05) is 74.0 Å². The minimum Gasteiger partial charge on any atom is -0.481 e. The van der Waals surface area contributed by atoms with Crippen molar-refractivity contribution in [1.29, 1.82) is 0 Å². The lowest BCUT2D eigenvalue weighted by Gasteiger charge is -2.40. The van der Waals surface area contributed by atoms with Gasteiger partial charge in [0.1, 0.15) is 0 Å². The molecule has 0 radical (unpaired) electrons. The molecule has 0 spiro atoms. The molecular weight excluding hydrogens is 338 g/mol. The van der Waals surface area contributed by atoms with Crippen LogP contribution >= 0.6 is 0 Å². The quantitative estimate of drug-likeness (QED) is 0.834. The molecule has 1 aliphatic heterocycles. The van der Waals surface area contributed by atoms with Crippen LogP contribution in [0.4, 0.5) is 0 Å². The standard InChI is InChI=1S/C23H27NO3/c1-2-9-20(18-10-5-3-6-11-18)21(25)24-16-14-23(15-17-24,22(26)27)19-12-7-4-8-13-19/h3-8,10-13,20H,2,9,14-17H2,1H3,(H,26,27). The molecule has 1 amide bonds. The van der Waals surface area contributed by atoms with Crippen molar-refractivity contribution in [2.45, 2.75) is 43.9 Å². The number of hydrogen-bond acceptors (Lipinski definition) is 2. The molecule has 0 aromatic heterocycles. The number of likely N-dealkylation sites (tertiary alicyclic amines) is 1. The summed E-state index contributed by atoms with van der Waals surface area (Å²) in [6.45, 7) is 3.05. The van der Waals surface area contributed by atoms with Crippen LogP contribution in [-0.4, -0.2) is 35.0 Å². The van der Waals surface area contributed by atoms with Crippen molar-refractivity contribution >= 4 is 11.9 Å². The zero-order chi connectivity index (χ0) is 19.3. The predicted molar refractivity (Wildman–Crippen MR) is 106 cm³/mol. The lowest BCUT2D eigenvalue weighted by Crippen LogP contribution is -2.50. The van der Waals surface area contributed by atoms with Gasteiger partial charge in [0.2, 0.25) is 5.91 Å². The summed E-state index contributed by atoms with van der Waals surface area (Å²) in [5.74, 6) is -0.825. The fourth-order valence-corrected chi connectivity index (χ4v) is 4.12. The van der Waals surface area contributed by atoms with Gasteiger partial charge in [-0.05, 0) is 30.4 Å². The number of hydrogen-bond donors (Lipinski definition) is 1. The van der Waals surface area contributed by atoms with Gasteiger partial charge >= 0.3 is 5.97 Å². The van der Waals surface area contributed by atoms with Gasteiger partial charge in [0, 0.05) is 13.1 Å². The van der Waals surface area contributed by atoms with Crippen molar-refractivity contribution in [3.63, 3.8) is 0 Å². The first-order valence-corrected chi connectivity index (χ1v) is 9.71. The van der Waals surface area contributed by atoms with E-state index in [4.69, 9.17) is 0 Å². The molecule has 1 aliphatic rings. The lowest BCUT2D eigenvalue weighted by atomic mass is 9.72. The van der Waals surface area contributed by atoms with E-state index in [2.05, 4.69) is 6.92 Å². The van der Waals surface area contributed by atoms with E-state index >= 15 is 0 Å². The monoisotopic (exact) mass is 365 g/mol. The van der Waals surface area contributed by atoms with E-state index in [1.807, 2.05) is 65.6 Å². The molecule has 1 saturated heterocycles. The molecule has 0 aliphatic carbocycles. The second kappa shape index (κ2) is 8.38. The van der Waals surface area contributed by atoms with Gasteiger partial charge < -0.3 is 10.0 Å². The first kappa shape index (κ1) is 19.2. The van der Waals surface area contributed by atoms with Crippen LogP contribution in [0.15, 0.2) is 60.7 Å². The first-order chi connectivity index (χ1) is 13.1. The molecule has 3 rings (SSSR count). The van der Waals surface area contributed by atoms with Gasteiger partial charge in [0.25, 0.3) is 0 Å². The lowest BCUT2D eigenvalue weighted by molar-refractivity contribution is -0.148. The summed E-state index contributed by atoms with van der Waals surface area (Å²) in [7, 11) is 0. The number of benzene rings is 2. The third-order valence-corrected chi connectivity index (χ3v) is 5.74. The molecule has 1 heterocycles. The minimum absolute atomic E-state index is 0.120. The van der Waals surface area contributed by atoms with E-state index in [0.29, 0.717) is 25.9 Å². The zero-order valence-electron chi connectivity index (χ0n) is 15.8. The fourth-order valence-electron chi connectivity index (χ4n) is 4.12. The molecular formula is C23H27NO3. The second-order valence-corrected chi connectivity index (χ2v) is 7.33. The van der Waals surface area contributed by atoms with Crippen LogP contribution in [-0.2, 0) is 15.0 Å². The zero-order valence-corrected chi connectivity index (χ0v) is 15.8. The molecule has 27 heavy (non-hydrogen) atoms. The normalized spacial score (nSPS) is 17.3. The highest BCUT2D eigenvalue weighted by Gasteiger charge is 2.44. The van der Waals surface area contributed by atoms with Gasteiger partial charge in [-0.15, -0.1) is 0 Å². The number of piperidine rings is 1. The highest BCUT2D eigenvalue weighted by atomic mass is 16.4. The summed E-state index contributed by atoms with van der Waals surface area (Å²) >= 11 is 0. The molecule has 0 saturated carbocycles. The summed E-state index contributed by atoms with van der Waals surface area (Å²) in [6.07, 6.45) is 2.64. The van der Waals surface area contributed by atoms with Crippen molar-refractivity contribution in [1.82, 2.24) is 4.90 Å². The maximum atomic E-state index is 13.2. The average molecular weight is 365 g/mol. The molecule has 2 aromatic carbocycles. The molecule has 4 nitrogen and oxygen atoms in total. The minimum atomic E-state index is -0.898. The topological polar surface area (TPSA) is 57.6 Å². The van der Waals surface area contributed by atoms with Crippen LogP contribution in [0, 0.1) is 0 Å². The maximum Gasteiger partial charge on any atom is 0.314 e. The van der Waals surface area contributed by atoms with Crippen LogP contribution in [0.2, 0.25) is 0 Å². The third-order valence-electron chi connectivity index (χ3n) is 5.74. The number of carbonyl (C=O) groups is 2.